The lowest BCUT2D eigenvalue weighted by atomic mass is 10.0. The maximum Gasteiger partial charge on any atom is 0.341 e. The lowest BCUT2D eigenvalue weighted by molar-refractivity contribution is -0.920. The lowest BCUT2D eigenvalue weighted by Crippen LogP contribution is -3.17. The summed E-state index contributed by atoms with van der Waals surface area (Å²) in [6, 6.07) is 0.519. The monoisotopic (exact) mass is 339 g/mol. The molecule has 128 valence electrons. The number of aryl methyl sites for hydroxylation is 1. The van der Waals surface area contributed by atoms with Gasteiger partial charge in [-0.1, -0.05) is 0 Å². The smallest absolute Gasteiger partial charge is 0.341 e. The highest BCUT2D eigenvalue weighted by Gasteiger charge is 2.26. The molecule has 1 amide bonds. The quantitative estimate of drug-likeness (QED) is 0.806. The van der Waals surface area contributed by atoms with Gasteiger partial charge in [-0.25, -0.2) is 4.79 Å². The second kappa shape index (κ2) is 7.93. The Hall–Kier alpha value is -1.40. The highest BCUT2D eigenvalue weighted by atomic mass is 32.1. The Morgan fingerprint density at radius 1 is 1.35 bits per heavy atom. The van der Waals surface area contributed by atoms with Gasteiger partial charge >= 0.3 is 5.97 Å². The number of likely N-dealkylation sites (tertiary alicyclic amines) is 1. The molecule has 2 N–H and O–H groups in total. The highest BCUT2D eigenvalue weighted by molar-refractivity contribution is 7.16. The number of piperidine rings is 1. The topological polar surface area (TPSA) is 59.8 Å². The molecule has 1 aliphatic heterocycles. The van der Waals surface area contributed by atoms with E-state index in [2.05, 4.69) is 12.2 Å². The van der Waals surface area contributed by atoms with Crippen LogP contribution < -0.4 is 10.2 Å². The molecular weight excluding hydrogens is 312 g/mol. The van der Waals surface area contributed by atoms with Gasteiger partial charge in [-0.3, -0.25) is 4.79 Å². The lowest BCUT2D eigenvalue weighted by Gasteiger charge is -2.29. The molecule has 1 fully saturated rings. The largest absolute Gasteiger partial charge is 0.462 e. The van der Waals surface area contributed by atoms with Crippen molar-refractivity contribution >= 4 is 28.2 Å². The summed E-state index contributed by atoms with van der Waals surface area (Å²) < 4.78 is 5.12. The van der Waals surface area contributed by atoms with Crippen LogP contribution in [0.4, 0.5) is 5.00 Å². The summed E-state index contributed by atoms with van der Waals surface area (Å²) in [6.45, 7) is 9.66. The molecule has 0 aromatic carbocycles. The summed E-state index contributed by atoms with van der Waals surface area (Å²) >= 11 is 1.44. The molecule has 0 radical (unpaired) electrons. The SMILES string of the molecule is CCOC(=O)c1c(NC(=O)C[NH+]2CCCC[C@H]2C)sc(C)c1C. The van der Waals surface area contributed by atoms with Crippen LogP contribution in [-0.2, 0) is 9.53 Å². The number of rotatable bonds is 5. The third kappa shape index (κ3) is 4.32. The van der Waals surface area contributed by atoms with E-state index in [9.17, 15) is 9.59 Å². The number of quaternary nitrogens is 1. The van der Waals surface area contributed by atoms with Crippen LogP contribution in [0.2, 0.25) is 0 Å². The van der Waals surface area contributed by atoms with Crippen LogP contribution in [0.25, 0.3) is 0 Å². The molecule has 1 aromatic rings. The number of hydrogen-bond donors (Lipinski definition) is 2. The Morgan fingerprint density at radius 3 is 2.74 bits per heavy atom. The zero-order valence-corrected chi connectivity index (χ0v) is 15.3. The minimum absolute atomic E-state index is 0.0273. The van der Waals surface area contributed by atoms with Crippen LogP contribution in [0, 0.1) is 13.8 Å². The molecule has 5 nitrogen and oxygen atoms in total. The summed E-state index contributed by atoms with van der Waals surface area (Å²) in [5, 5.41) is 3.56. The van der Waals surface area contributed by atoms with Gasteiger partial charge in [0, 0.05) is 4.88 Å². The molecule has 0 aliphatic carbocycles. The molecule has 0 bridgehead atoms. The molecule has 2 rings (SSSR count). The molecule has 0 spiro atoms. The van der Waals surface area contributed by atoms with Gasteiger partial charge in [0.1, 0.15) is 5.00 Å². The van der Waals surface area contributed by atoms with Gasteiger partial charge in [-0.2, -0.15) is 0 Å². The van der Waals surface area contributed by atoms with Crippen LogP contribution in [0.3, 0.4) is 0 Å². The van der Waals surface area contributed by atoms with Crippen molar-refractivity contribution in [1.82, 2.24) is 0 Å². The third-order valence-corrected chi connectivity index (χ3v) is 5.71. The Kier molecular flexibility index (Phi) is 6.18. The number of carbonyl (C=O) groups is 2. The molecule has 1 aliphatic rings. The van der Waals surface area contributed by atoms with Gasteiger partial charge in [0.2, 0.25) is 0 Å². The zero-order chi connectivity index (χ0) is 17.0. The molecule has 1 saturated heterocycles. The van der Waals surface area contributed by atoms with Crippen molar-refractivity contribution in [1.29, 1.82) is 0 Å². The molecule has 2 heterocycles. The van der Waals surface area contributed by atoms with Crippen molar-refractivity contribution in [3.8, 4) is 0 Å². The minimum atomic E-state index is -0.358. The fourth-order valence-corrected chi connectivity index (χ4v) is 4.12. The average Bonchev–Trinajstić information content (AvgIpc) is 2.76. The second-order valence-corrected chi connectivity index (χ2v) is 7.46. The van der Waals surface area contributed by atoms with E-state index in [-0.39, 0.29) is 11.9 Å². The summed E-state index contributed by atoms with van der Waals surface area (Å²) in [5.41, 5.74) is 1.40. The first-order chi connectivity index (χ1) is 10.9. The Morgan fingerprint density at radius 2 is 2.09 bits per heavy atom. The van der Waals surface area contributed by atoms with Crippen molar-refractivity contribution in [2.24, 2.45) is 0 Å². The number of anilines is 1. The summed E-state index contributed by atoms with van der Waals surface area (Å²) in [6.07, 6.45) is 3.61. The number of ether oxygens (including phenoxy) is 1. The summed E-state index contributed by atoms with van der Waals surface area (Å²) in [7, 11) is 0. The van der Waals surface area contributed by atoms with Gasteiger partial charge in [-0.15, -0.1) is 11.3 Å². The predicted molar refractivity (Wildman–Crippen MR) is 92.4 cm³/mol. The van der Waals surface area contributed by atoms with E-state index in [4.69, 9.17) is 4.74 Å². The van der Waals surface area contributed by atoms with E-state index in [0.717, 1.165) is 17.0 Å². The molecule has 1 aromatic heterocycles. The first-order valence-corrected chi connectivity index (χ1v) is 9.17. The normalized spacial score (nSPS) is 21.0. The van der Waals surface area contributed by atoms with Crippen molar-refractivity contribution in [2.75, 3.05) is 25.0 Å². The fourth-order valence-electron chi connectivity index (χ4n) is 3.06. The van der Waals surface area contributed by atoms with E-state index in [1.165, 1.54) is 35.5 Å². The van der Waals surface area contributed by atoms with E-state index in [1.54, 1.807) is 6.92 Å². The second-order valence-electron chi connectivity index (χ2n) is 6.24. The van der Waals surface area contributed by atoms with E-state index in [1.807, 2.05) is 13.8 Å². The maximum absolute atomic E-state index is 12.4. The van der Waals surface area contributed by atoms with E-state index < -0.39 is 0 Å². The van der Waals surface area contributed by atoms with Crippen LogP contribution in [0.1, 0.15) is 53.9 Å². The molecule has 23 heavy (non-hydrogen) atoms. The zero-order valence-electron chi connectivity index (χ0n) is 14.5. The Bertz CT molecular complexity index is 583. The van der Waals surface area contributed by atoms with Gasteiger partial charge in [0.15, 0.2) is 6.54 Å². The van der Waals surface area contributed by atoms with Crippen molar-refractivity contribution in [3.63, 3.8) is 0 Å². The van der Waals surface area contributed by atoms with Gasteiger partial charge in [-0.05, 0) is 52.5 Å². The molecular formula is C17H27N2O3S+. The van der Waals surface area contributed by atoms with Gasteiger partial charge in [0.05, 0.1) is 24.8 Å². The predicted octanol–water partition coefficient (Wildman–Crippen LogP) is 1.94. The number of carbonyl (C=O) groups excluding carboxylic acids is 2. The number of amides is 1. The third-order valence-electron chi connectivity index (χ3n) is 4.59. The van der Waals surface area contributed by atoms with E-state index in [0.29, 0.717) is 29.8 Å². The molecule has 6 heteroatoms. The Balaban J connectivity index is 2.08. The first-order valence-electron chi connectivity index (χ1n) is 8.35. The van der Waals surface area contributed by atoms with Crippen LogP contribution in [0.15, 0.2) is 0 Å². The van der Waals surface area contributed by atoms with Crippen LogP contribution in [0.5, 0.6) is 0 Å². The summed E-state index contributed by atoms with van der Waals surface area (Å²) in [4.78, 5) is 26.9. The van der Waals surface area contributed by atoms with Crippen molar-refractivity contribution in [3.05, 3.63) is 16.0 Å². The van der Waals surface area contributed by atoms with Crippen LogP contribution in [-0.4, -0.2) is 37.6 Å². The number of esters is 1. The maximum atomic E-state index is 12.4. The highest BCUT2D eigenvalue weighted by Crippen LogP contribution is 2.32. The fraction of sp³-hybridized carbons (Fsp3) is 0.647. The standard InChI is InChI=1S/C17H26N2O3S/c1-5-22-17(21)15-12(3)13(4)23-16(15)18-14(20)10-19-9-7-6-8-11(19)2/h11H,5-10H2,1-4H3,(H,18,20)/p+1/t11-/m1/s1. The Labute approximate surface area is 142 Å². The molecule has 1 unspecified atom stereocenters. The average molecular weight is 339 g/mol. The number of hydrogen-bond acceptors (Lipinski definition) is 4. The van der Waals surface area contributed by atoms with Gasteiger partial charge < -0.3 is 15.0 Å². The molecule has 2 atom stereocenters. The van der Waals surface area contributed by atoms with Gasteiger partial charge in [0.25, 0.3) is 5.91 Å². The number of nitrogens with one attached hydrogen (secondary N) is 2. The number of thiophene rings is 1. The first kappa shape index (κ1) is 17.9. The van der Waals surface area contributed by atoms with Crippen molar-refractivity contribution in [2.45, 2.75) is 53.0 Å². The van der Waals surface area contributed by atoms with Crippen LogP contribution >= 0.6 is 11.3 Å². The summed E-state index contributed by atoms with van der Waals surface area (Å²) in [5.74, 6) is -0.385. The van der Waals surface area contributed by atoms with E-state index >= 15 is 0 Å². The van der Waals surface area contributed by atoms with Crippen molar-refractivity contribution < 1.29 is 19.2 Å². The minimum Gasteiger partial charge on any atom is -0.462 e. The molecule has 0 saturated carbocycles.